The van der Waals surface area contributed by atoms with Crippen LogP contribution in [-0.2, 0) is 4.74 Å². The molecule has 0 saturated heterocycles. The Labute approximate surface area is 115 Å². The second kappa shape index (κ2) is 4.92. The molecule has 104 valence electrons. The first-order valence-corrected chi connectivity index (χ1v) is 6.19. The standard InChI is InChI=1S/C15H14O5/c1-4-20-11-6-10(17)13-9(14(11)18)5-7(2)12(8(3)16)15(13)19/h5-6,19H,4H2,1-3H3. The highest BCUT2D eigenvalue weighted by Crippen LogP contribution is 2.34. The molecule has 0 fully saturated rings. The summed E-state index contributed by atoms with van der Waals surface area (Å²) in [5.74, 6) is -1.84. The molecule has 0 saturated carbocycles. The summed E-state index contributed by atoms with van der Waals surface area (Å²) in [5, 5.41) is 10.1. The number of carbonyl (C=O) groups is 3. The van der Waals surface area contributed by atoms with Crippen LogP contribution in [0, 0.1) is 6.92 Å². The molecule has 0 aromatic heterocycles. The van der Waals surface area contributed by atoms with Crippen molar-refractivity contribution in [2.75, 3.05) is 6.61 Å². The molecule has 0 radical (unpaired) electrons. The summed E-state index contributed by atoms with van der Waals surface area (Å²) in [6.07, 6.45) is 1.05. The third-order valence-corrected chi connectivity index (χ3v) is 3.13. The van der Waals surface area contributed by atoms with Crippen molar-refractivity contribution >= 4 is 17.3 Å². The van der Waals surface area contributed by atoms with Crippen molar-refractivity contribution in [2.24, 2.45) is 0 Å². The maximum absolute atomic E-state index is 12.2. The number of hydrogen-bond donors (Lipinski definition) is 1. The van der Waals surface area contributed by atoms with Gasteiger partial charge in [-0.15, -0.1) is 0 Å². The third-order valence-electron chi connectivity index (χ3n) is 3.13. The maximum Gasteiger partial charge on any atom is 0.228 e. The van der Waals surface area contributed by atoms with E-state index in [1.807, 2.05) is 0 Å². The minimum Gasteiger partial charge on any atom is -0.506 e. The average molecular weight is 274 g/mol. The van der Waals surface area contributed by atoms with Crippen LogP contribution in [0.15, 0.2) is 17.9 Å². The highest BCUT2D eigenvalue weighted by atomic mass is 16.5. The molecular weight excluding hydrogens is 260 g/mol. The third kappa shape index (κ3) is 2.01. The van der Waals surface area contributed by atoms with E-state index in [9.17, 15) is 19.5 Å². The molecule has 0 spiro atoms. The number of phenols is 1. The zero-order valence-electron chi connectivity index (χ0n) is 11.4. The lowest BCUT2D eigenvalue weighted by Crippen LogP contribution is -2.20. The second-order valence-corrected chi connectivity index (χ2v) is 4.53. The summed E-state index contributed by atoms with van der Waals surface area (Å²) in [5.41, 5.74) is 0.459. The summed E-state index contributed by atoms with van der Waals surface area (Å²) in [6.45, 7) is 4.87. The van der Waals surface area contributed by atoms with Gasteiger partial charge in [0, 0.05) is 11.6 Å². The van der Waals surface area contributed by atoms with E-state index in [2.05, 4.69) is 0 Å². The predicted molar refractivity (Wildman–Crippen MR) is 71.2 cm³/mol. The van der Waals surface area contributed by atoms with Gasteiger partial charge in [-0.3, -0.25) is 14.4 Å². The SMILES string of the molecule is CCOC1=CC(=O)c2c(cc(C)c(C(C)=O)c2O)C1=O. The summed E-state index contributed by atoms with van der Waals surface area (Å²) < 4.78 is 5.12. The van der Waals surface area contributed by atoms with Crippen molar-refractivity contribution < 1.29 is 24.2 Å². The molecule has 5 heteroatoms. The zero-order chi connectivity index (χ0) is 15.0. The number of rotatable bonds is 3. The number of carbonyl (C=O) groups excluding carboxylic acids is 3. The van der Waals surface area contributed by atoms with Crippen molar-refractivity contribution in [2.45, 2.75) is 20.8 Å². The molecule has 0 amide bonds. The number of ketones is 3. The number of Topliss-reactive ketones (excluding diaryl/α,β-unsaturated/α-hetero) is 2. The molecule has 1 N–H and O–H groups in total. The summed E-state index contributed by atoms with van der Waals surface area (Å²) >= 11 is 0. The topological polar surface area (TPSA) is 80.7 Å². The Morgan fingerprint density at radius 2 is 2.00 bits per heavy atom. The molecule has 5 nitrogen and oxygen atoms in total. The molecule has 1 aromatic carbocycles. The van der Waals surface area contributed by atoms with Crippen molar-refractivity contribution in [1.29, 1.82) is 0 Å². The van der Waals surface area contributed by atoms with Crippen molar-refractivity contribution in [3.8, 4) is 5.75 Å². The van der Waals surface area contributed by atoms with Gasteiger partial charge in [-0.25, -0.2) is 0 Å². The number of allylic oxidation sites excluding steroid dienone is 2. The minimum absolute atomic E-state index is 0.0422. The molecule has 20 heavy (non-hydrogen) atoms. The van der Waals surface area contributed by atoms with E-state index >= 15 is 0 Å². The first kappa shape index (κ1) is 14.0. The summed E-state index contributed by atoms with van der Waals surface area (Å²) in [4.78, 5) is 35.8. The van der Waals surface area contributed by atoms with Gasteiger partial charge in [0.2, 0.25) is 5.78 Å². The van der Waals surface area contributed by atoms with Gasteiger partial charge in [-0.2, -0.15) is 0 Å². The van der Waals surface area contributed by atoms with Gasteiger partial charge < -0.3 is 9.84 Å². The molecule has 1 aliphatic rings. The quantitative estimate of drug-likeness (QED) is 0.854. The first-order chi connectivity index (χ1) is 9.38. The Balaban J connectivity index is 2.71. The van der Waals surface area contributed by atoms with Gasteiger partial charge in [-0.05, 0) is 32.4 Å². The summed E-state index contributed by atoms with van der Waals surface area (Å²) in [7, 11) is 0. The zero-order valence-corrected chi connectivity index (χ0v) is 11.4. The van der Waals surface area contributed by atoms with Crippen LogP contribution in [0.25, 0.3) is 0 Å². The van der Waals surface area contributed by atoms with Gasteiger partial charge >= 0.3 is 0 Å². The van der Waals surface area contributed by atoms with E-state index in [0.717, 1.165) is 6.08 Å². The minimum atomic E-state index is -0.539. The van der Waals surface area contributed by atoms with E-state index in [1.165, 1.54) is 13.0 Å². The lowest BCUT2D eigenvalue weighted by atomic mass is 9.87. The van der Waals surface area contributed by atoms with Crippen molar-refractivity contribution in [3.63, 3.8) is 0 Å². The average Bonchev–Trinajstić information content (AvgIpc) is 2.34. The number of aromatic hydroxyl groups is 1. The molecule has 0 bridgehead atoms. The summed E-state index contributed by atoms with van der Waals surface area (Å²) in [6, 6.07) is 1.44. The van der Waals surface area contributed by atoms with Crippen LogP contribution in [0.4, 0.5) is 0 Å². The highest BCUT2D eigenvalue weighted by molar-refractivity contribution is 6.25. The van der Waals surface area contributed by atoms with Gasteiger partial charge in [0.05, 0.1) is 17.7 Å². The maximum atomic E-state index is 12.2. The Kier molecular flexibility index (Phi) is 3.44. The number of phenolic OH excluding ortho intramolecular Hbond substituents is 1. The predicted octanol–water partition coefficient (Wildman–Crippen LogP) is 2.20. The van der Waals surface area contributed by atoms with Crippen LogP contribution in [-0.4, -0.2) is 29.1 Å². The number of benzene rings is 1. The largest absolute Gasteiger partial charge is 0.506 e. The molecule has 0 aliphatic heterocycles. The smallest absolute Gasteiger partial charge is 0.228 e. The Morgan fingerprint density at radius 3 is 2.55 bits per heavy atom. The molecule has 0 unspecified atom stereocenters. The normalized spacial score (nSPS) is 13.8. The molecule has 2 rings (SSSR count). The van der Waals surface area contributed by atoms with E-state index < -0.39 is 17.3 Å². The Bertz CT molecular complexity index is 667. The van der Waals surface area contributed by atoms with Crippen LogP contribution in [0.1, 0.15) is 50.5 Å². The van der Waals surface area contributed by atoms with Crippen LogP contribution >= 0.6 is 0 Å². The number of aryl methyl sites for hydroxylation is 1. The van der Waals surface area contributed by atoms with Crippen LogP contribution < -0.4 is 0 Å². The monoisotopic (exact) mass is 274 g/mol. The van der Waals surface area contributed by atoms with Crippen LogP contribution in [0.2, 0.25) is 0 Å². The molecule has 0 atom stereocenters. The van der Waals surface area contributed by atoms with Gasteiger partial charge in [-0.1, -0.05) is 0 Å². The fourth-order valence-corrected chi connectivity index (χ4v) is 2.33. The molecular formula is C15H14O5. The highest BCUT2D eigenvalue weighted by Gasteiger charge is 2.32. The fourth-order valence-electron chi connectivity index (χ4n) is 2.33. The number of hydrogen-bond acceptors (Lipinski definition) is 5. The number of ether oxygens (including phenoxy) is 1. The Hall–Kier alpha value is -2.43. The molecule has 1 aromatic rings. The van der Waals surface area contributed by atoms with E-state index in [-0.39, 0.29) is 34.8 Å². The fraction of sp³-hybridized carbons (Fsp3) is 0.267. The molecule has 1 aliphatic carbocycles. The lowest BCUT2D eigenvalue weighted by Gasteiger charge is -2.18. The van der Waals surface area contributed by atoms with Gasteiger partial charge in [0.15, 0.2) is 17.3 Å². The molecule has 0 heterocycles. The second-order valence-electron chi connectivity index (χ2n) is 4.53. The van der Waals surface area contributed by atoms with Crippen molar-refractivity contribution in [3.05, 3.63) is 40.2 Å². The van der Waals surface area contributed by atoms with Crippen LogP contribution in [0.5, 0.6) is 5.75 Å². The number of fused-ring (bicyclic) bond motifs is 1. The first-order valence-electron chi connectivity index (χ1n) is 6.19. The van der Waals surface area contributed by atoms with E-state index in [4.69, 9.17) is 4.74 Å². The van der Waals surface area contributed by atoms with E-state index in [0.29, 0.717) is 5.56 Å². The van der Waals surface area contributed by atoms with Crippen LogP contribution in [0.3, 0.4) is 0 Å². The van der Waals surface area contributed by atoms with Gasteiger partial charge in [0.25, 0.3) is 0 Å². The lowest BCUT2D eigenvalue weighted by molar-refractivity contribution is 0.0889. The van der Waals surface area contributed by atoms with Gasteiger partial charge in [0.1, 0.15) is 5.75 Å². The van der Waals surface area contributed by atoms with E-state index in [1.54, 1.807) is 13.8 Å². The Morgan fingerprint density at radius 1 is 1.35 bits per heavy atom. The van der Waals surface area contributed by atoms with Crippen molar-refractivity contribution in [1.82, 2.24) is 0 Å².